The van der Waals surface area contributed by atoms with Crippen LogP contribution in [-0.2, 0) is 4.79 Å². The summed E-state index contributed by atoms with van der Waals surface area (Å²) in [6, 6.07) is 5.48. The molecule has 1 aromatic carbocycles. The molecule has 0 aromatic heterocycles. The number of anilines is 2. The Labute approximate surface area is 112 Å². The molecule has 1 aliphatic heterocycles. The summed E-state index contributed by atoms with van der Waals surface area (Å²) >= 11 is 0. The van der Waals surface area contributed by atoms with Crippen LogP contribution >= 0.6 is 0 Å². The van der Waals surface area contributed by atoms with Gasteiger partial charge in [0.15, 0.2) is 0 Å². The predicted molar refractivity (Wildman–Crippen MR) is 74.4 cm³/mol. The fraction of sp³-hybridized carbons (Fsp3) is 0.385. The summed E-state index contributed by atoms with van der Waals surface area (Å²) in [5.74, 6) is -0.439. The Hall–Kier alpha value is -2.24. The molecule has 0 saturated carbocycles. The number of para-hydroxylation sites is 1. The molecule has 0 spiro atoms. The molecule has 0 fully saturated rings. The summed E-state index contributed by atoms with van der Waals surface area (Å²) in [4.78, 5) is 23.4. The molecule has 6 nitrogen and oxygen atoms in total. The lowest BCUT2D eigenvalue weighted by Gasteiger charge is -2.22. The topological polar surface area (TPSA) is 82.3 Å². The molecule has 1 aliphatic rings. The molecule has 0 saturated heterocycles. The van der Waals surface area contributed by atoms with Crippen LogP contribution in [0.3, 0.4) is 0 Å². The van der Waals surface area contributed by atoms with Crippen LogP contribution in [0, 0.1) is 0 Å². The van der Waals surface area contributed by atoms with Crippen LogP contribution in [0.5, 0.6) is 0 Å². The smallest absolute Gasteiger partial charge is 0.253 e. The molecule has 0 bridgehead atoms. The minimum absolute atomic E-state index is 0.0101. The highest BCUT2D eigenvalue weighted by molar-refractivity contribution is 6.03. The Kier molecular flexibility index (Phi) is 4.22. The van der Waals surface area contributed by atoms with Gasteiger partial charge in [-0.15, -0.1) is 0 Å². The predicted octanol–water partition coefficient (Wildman–Crippen LogP) is 0.390. The van der Waals surface area contributed by atoms with E-state index in [1.807, 2.05) is 19.1 Å². The number of hydrogen-bond donors (Lipinski definition) is 4. The van der Waals surface area contributed by atoms with Crippen LogP contribution in [0.1, 0.15) is 17.3 Å². The van der Waals surface area contributed by atoms with Gasteiger partial charge in [-0.2, -0.15) is 0 Å². The molecule has 0 atom stereocenters. The highest BCUT2D eigenvalue weighted by Gasteiger charge is 2.17. The Morgan fingerprint density at radius 1 is 1.21 bits per heavy atom. The standard InChI is InChI=1S/C13H18N4O2/c1-2-14-11(18)8-17-13(19)9-4-3-5-10-12(9)16-7-6-15-10/h3-5,15-16H,2,6-8H2,1H3,(H,14,18)(H,17,19). The van der Waals surface area contributed by atoms with Gasteiger partial charge in [0.05, 0.1) is 23.5 Å². The quantitative estimate of drug-likeness (QED) is 0.632. The lowest BCUT2D eigenvalue weighted by Crippen LogP contribution is -2.37. The molecule has 1 aromatic rings. The van der Waals surface area contributed by atoms with Crippen molar-refractivity contribution in [3.05, 3.63) is 23.8 Å². The molecule has 1 heterocycles. The van der Waals surface area contributed by atoms with Crippen molar-refractivity contribution in [2.24, 2.45) is 0 Å². The van der Waals surface area contributed by atoms with Gasteiger partial charge in [-0.25, -0.2) is 0 Å². The van der Waals surface area contributed by atoms with Crippen LogP contribution in [0.15, 0.2) is 18.2 Å². The zero-order valence-electron chi connectivity index (χ0n) is 10.9. The van der Waals surface area contributed by atoms with Crippen LogP contribution in [0.25, 0.3) is 0 Å². The van der Waals surface area contributed by atoms with E-state index in [4.69, 9.17) is 0 Å². The van der Waals surface area contributed by atoms with Gasteiger partial charge < -0.3 is 21.3 Å². The number of benzene rings is 1. The number of rotatable bonds is 4. The molecule has 6 heteroatoms. The lowest BCUT2D eigenvalue weighted by molar-refractivity contribution is -0.120. The van der Waals surface area contributed by atoms with Crippen molar-refractivity contribution in [2.45, 2.75) is 6.92 Å². The molecule has 4 N–H and O–H groups in total. The third kappa shape index (κ3) is 3.15. The number of amides is 2. The summed E-state index contributed by atoms with van der Waals surface area (Å²) in [6.45, 7) is 3.98. The van der Waals surface area contributed by atoms with Gasteiger partial charge in [0, 0.05) is 19.6 Å². The molecule has 19 heavy (non-hydrogen) atoms. The monoisotopic (exact) mass is 262 g/mol. The van der Waals surface area contributed by atoms with Crippen LogP contribution < -0.4 is 21.3 Å². The van der Waals surface area contributed by atoms with Crippen molar-refractivity contribution >= 4 is 23.2 Å². The number of carbonyl (C=O) groups is 2. The highest BCUT2D eigenvalue weighted by Crippen LogP contribution is 2.27. The Morgan fingerprint density at radius 3 is 2.79 bits per heavy atom. The van der Waals surface area contributed by atoms with Crippen molar-refractivity contribution in [1.29, 1.82) is 0 Å². The molecule has 102 valence electrons. The van der Waals surface area contributed by atoms with Crippen molar-refractivity contribution < 1.29 is 9.59 Å². The molecular formula is C13H18N4O2. The minimum atomic E-state index is -0.251. The van der Waals surface area contributed by atoms with Crippen LogP contribution in [0.4, 0.5) is 11.4 Å². The van der Waals surface area contributed by atoms with Crippen molar-refractivity contribution in [1.82, 2.24) is 10.6 Å². The van der Waals surface area contributed by atoms with E-state index in [1.165, 1.54) is 0 Å². The first kappa shape index (κ1) is 13.2. The van der Waals surface area contributed by atoms with E-state index in [-0.39, 0.29) is 18.4 Å². The Morgan fingerprint density at radius 2 is 2.00 bits per heavy atom. The van der Waals surface area contributed by atoms with Crippen molar-refractivity contribution in [3.63, 3.8) is 0 Å². The van der Waals surface area contributed by atoms with E-state index in [1.54, 1.807) is 6.07 Å². The fourth-order valence-electron chi connectivity index (χ4n) is 1.98. The van der Waals surface area contributed by atoms with Gasteiger partial charge >= 0.3 is 0 Å². The van der Waals surface area contributed by atoms with Gasteiger partial charge in [-0.05, 0) is 19.1 Å². The third-order valence-corrected chi connectivity index (χ3v) is 2.83. The average molecular weight is 262 g/mol. The lowest BCUT2D eigenvalue weighted by atomic mass is 10.1. The molecule has 0 radical (unpaired) electrons. The maximum Gasteiger partial charge on any atom is 0.253 e. The van der Waals surface area contributed by atoms with E-state index in [0.717, 1.165) is 24.5 Å². The maximum absolute atomic E-state index is 12.1. The summed E-state index contributed by atoms with van der Waals surface area (Å²) in [7, 11) is 0. The van der Waals surface area contributed by atoms with Gasteiger partial charge in [-0.3, -0.25) is 9.59 Å². The van der Waals surface area contributed by atoms with Gasteiger partial charge in [0.1, 0.15) is 0 Å². The SMILES string of the molecule is CCNC(=O)CNC(=O)c1cccc2c1NCCN2. The van der Waals surface area contributed by atoms with Crippen molar-refractivity contribution in [2.75, 3.05) is 36.8 Å². The molecule has 0 aliphatic carbocycles. The van der Waals surface area contributed by atoms with E-state index < -0.39 is 0 Å². The van der Waals surface area contributed by atoms with Gasteiger partial charge in [0.2, 0.25) is 5.91 Å². The van der Waals surface area contributed by atoms with Crippen LogP contribution in [0.2, 0.25) is 0 Å². The summed E-state index contributed by atoms with van der Waals surface area (Å²) in [5, 5.41) is 11.7. The number of nitrogens with one attached hydrogen (secondary N) is 4. The minimum Gasteiger partial charge on any atom is -0.382 e. The number of hydrogen-bond acceptors (Lipinski definition) is 4. The normalized spacial score (nSPS) is 12.7. The first-order valence-electron chi connectivity index (χ1n) is 6.38. The Balaban J connectivity index is 2.05. The first-order valence-corrected chi connectivity index (χ1v) is 6.38. The van der Waals surface area contributed by atoms with Crippen LogP contribution in [-0.4, -0.2) is 38.0 Å². The van der Waals surface area contributed by atoms with E-state index in [0.29, 0.717) is 12.1 Å². The third-order valence-electron chi connectivity index (χ3n) is 2.83. The van der Waals surface area contributed by atoms with Gasteiger partial charge in [0.25, 0.3) is 5.91 Å². The summed E-state index contributed by atoms with van der Waals surface area (Å²) in [6.07, 6.45) is 0. The maximum atomic E-state index is 12.1. The zero-order valence-corrected chi connectivity index (χ0v) is 10.9. The van der Waals surface area contributed by atoms with Crippen molar-refractivity contribution in [3.8, 4) is 0 Å². The van der Waals surface area contributed by atoms with E-state index in [2.05, 4.69) is 21.3 Å². The highest BCUT2D eigenvalue weighted by atomic mass is 16.2. The second kappa shape index (κ2) is 6.08. The fourth-order valence-corrected chi connectivity index (χ4v) is 1.98. The second-order valence-corrected chi connectivity index (χ2v) is 4.22. The summed E-state index contributed by atoms with van der Waals surface area (Å²) in [5.41, 5.74) is 2.26. The molecule has 0 unspecified atom stereocenters. The number of likely N-dealkylation sites (N-methyl/N-ethyl adjacent to an activating group) is 1. The van der Waals surface area contributed by atoms with E-state index in [9.17, 15) is 9.59 Å². The largest absolute Gasteiger partial charge is 0.382 e. The number of carbonyl (C=O) groups excluding carboxylic acids is 2. The van der Waals surface area contributed by atoms with Gasteiger partial charge in [-0.1, -0.05) is 6.07 Å². The number of fused-ring (bicyclic) bond motifs is 1. The molecule has 2 rings (SSSR count). The molecular weight excluding hydrogens is 244 g/mol. The Bertz CT molecular complexity index is 488. The second-order valence-electron chi connectivity index (χ2n) is 4.22. The van der Waals surface area contributed by atoms with E-state index >= 15 is 0 Å². The average Bonchev–Trinajstić information content (AvgIpc) is 2.44. The first-order chi connectivity index (χ1) is 9.22. The zero-order chi connectivity index (χ0) is 13.7. The molecule has 2 amide bonds. The summed E-state index contributed by atoms with van der Waals surface area (Å²) < 4.78 is 0.